The van der Waals surface area contributed by atoms with Crippen LogP contribution in [0.25, 0.3) is 0 Å². The number of hydrogen-bond donors (Lipinski definition) is 0. The summed E-state index contributed by atoms with van der Waals surface area (Å²) in [6, 6.07) is 0. The van der Waals surface area contributed by atoms with Gasteiger partial charge in [0.1, 0.15) is 0 Å². The molecule has 10 saturated heterocycles. The molecule has 0 aliphatic carbocycles. The van der Waals surface area contributed by atoms with E-state index in [-0.39, 0.29) is 0 Å². The van der Waals surface area contributed by atoms with E-state index in [1.165, 1.54) is 40.0 Å². The summed E-state index contributed by atoms with van der Waals surface area (Å²) in [6.07, 6.45) is 1.53. The van der Waals surface area contributed by atoms with Crippen molar-refractivity contribution in [3.05, 3.63) is 0 Å². The number of carbonyl (C=O) groups excluding carboxylic acids is 1. The van der Waals surface area contributed by atoms with Gasteiger partial charge in [0.15, 0.2) is 0 Å². The third-order valence-corrected chi connectivity index (χ3v) is 65.0. The molecule has 1 spiro atoms. The van der Waals surface area contributed by atoms with Crippen LogP contribution in [0.1, 0.15) is 0 Å². The van der Waals surface area contributed by atoms with E-state index in [0.29, 0.717) is 7.54 Å². The third-order valence-electron chi connectivity index (χ3n) is 15.0. The molecule has 0 aromatic rings. The standard InChI is InChI=1S/C6H4BrO.C5H5.Fe/c7-6-3-1-2-5(6)4-8;1-2-4-5-3-1;/h1-4H;1-5H;. The van der Waals surface area contributed by atoms with Crippen LogP contribution in [0, 0.1) is 0 Å². The van der Waals surface area contributed by atoms with Crippen LogP contribution in [-0.2, 0) is 11.3 Å². The maximum atomic E-state index is 11.8. The van der Waals surface area contributed by atoms with Crippen molar-refractivity contribution < 1.29 is 11.3 Å². The van der Waals surface area contributed by atoms with E-state index in [0.717, 1.165) is 4.82 Å². The number of alkyl halides is 1. The van der Waals surface area contributed by atoms with Gasteiger partial charge >= 0.3 is 79.6 Å². The fraction of sp³-hybridized carbons (Fsp3) is 0.909. The minimum atomic E-state index is -3.12. The quantitative estimate of drug-likeness (QED) is 0.412. The first kappa shape index (κ1) is 4.89. The molecule has 0 aromatic heterocycles. The normalized spacial score (nSPS) is 147. The van der Waals surface area contributed by atoms with Gasteiger partial charge in [0.05, 0.1) is 0 Å². The zero-order valence-corrected chi connectivity index (χ0v) is 10.0. The van der Waals surface area contributed by atoms with E-state index in [2.05, 4.69) is 15.9 Å². The Bertz CT molecular complexity index is 922. The van der Waals surface area contributed by atoms with E-state index in [9.17, 15) is 4.79 Å². The second kappa shape index (κ2) is 0.321. The fourth-order valence-electron chi connectivity index (χ4n) is 16.7. The molecular formula is C11H9BrFeO. The summed E-state index contributed by atoms with van der Waals surface area (Å²) in [7, 11) is 0. The van der Waals surface area contributed by atoms with Crippen LogP contribution in [-0.4, -0.2) is 9.51 Å². The Morgan fingerprint density at radius 1 is 1.00 bits per heavy atom. The second-order valence-corrected chi connectivity index (χ2v) is 35.0. The van der Waals surface area contributed by atoms with Crippen molar-refractivity contribution >= 4 is 22.2 Å². The average molecular weight is 293 g/mol. The predicted molar refractivity (Wildman–Crippen MR) is 50.4 cm³/mol. The van der Waals surface area contributed by atoms with E-state index in [1.807, 2.05) is 0 Å². The van der Waals surface area contributed by atoms with Crippen LogP contribution in [0.2, 0.25) is 42.8 Å². The zero-order valence-electron chi connectivity index (χ0n) is 7.34. The first-order valence-electron chi connectivity index (χ1n) is 5.86. The molecule has 0 aromatic carbocycles. The van der Waals surface area contributed by atoms with Crippen LogP contribution >= 0.6 is 15.9 Å². The van der Waals surface area contributed by atoms with Crippen LogP contribution in [0.15, 0.2) is 0 Å². The van der Waals surface area contributed by atoms with E-state index in [1.54, 1.807) is 0 Å². The predicted octanol–water partition coefficient (Wildman–Crippen LogP) is 3.25. The van der Waals surface area contributed by atoms with Crippen molar-refractivity contribution in [3.8, 4) is 0 Å². The molecule has 10 aliphatic rings. The molecule has 10 heterocycles. The van der Waals surface area contributed by atoms with Crippen LogP contribution in [0.5, 0.6) is 0 Å². The second-order valence-electron chi connectivity index (χ2n) is 9.83. The van der Waals surface area contributed by atoms with Gasteiger partial charge in [-0.2, -0.15) is 0 Å². The molecule has 10 rings (SSSR count). The summed E-state index contributed by atoms with van der Waals surface area (Å²) in [4.78, 5) is 21.6. The summed E-state index contributed by atoms with van der Waals surface area (Å²) < 4.78 is 0.993. The zero-order chi connectivity index (χ0) is 8.64. The Morgan fingerprint density at radius 2 is 1.57 bits per heavy atom. The number of hydrogen-bond acceptors (Lipinski definition) is 1. The molecule has 10 aliphatic heterocycles. The van der Waals surface area contributed by atoms with Crippen molar-refractivity contribution in [1.82, 2.24) is 0 Å². The van der Waals surface area contributed by atoms with Gasteiger partial charge in [-0.25, -0.2) is 0 Å². The Labute approximate surface area is 79.4 Å². The van der Waals surface area contributed by atoms with Crippen molar-refractivity contribution in [1.29, 1.82) is 0 Å². The third kappa shape index (κ3) is 0.0324. The monoisotopic (exact) mass is 292 g/mol. The van der Waals surface area contributed by atoms with Crippen molar-refractivity contribution in [2.45, 2.75) is 46.1 Å². The van der Waals surface area contributed by atoms with Gasteiger partial charge in [-0.3, -0.25) is 0 Å². The molecule has 5 atom stereocenters. The molecule has 0 N–H and O–H groups in total. The average Bonchev–Trinajstić information content (AvgIpc) is 3.11. The fourth-order valence-corrected chi connectivity index (χ4v) is 103. The van der Waals surface area contributed by atoms with Gasteiger partial charge in [-0.15, -0.1) is 0 Å². The summed E-state index contributed by atoms with van der Waals surface area (Å²) in [5.74, 6) is 0. The van der Waals surface area contributed by atoms with Crippen molar-refractivity contribution in [2.75, 3.05) is 0 Å². The molecule has 74 valence electrons. The van der Waals surface area contributed by atoms with E-state index < -0.39 is 6.51 Å². The van der Waals surface area contributed by atoms with Gasteiger partial charge in [0, 0.05) is 0 Å². The molecule has 0 saturated carbocycles. The van der Waals surface area contributed by atoms with E-state index in [4.69, 9.17) is 0 Å². The molecule has 1 nitrogen and oxygen atoms in total. The molecule has 0 radical (unpaired) electrons. The first-order chi connectivity index (χ1) is 6.50. The number of carbonyl (C=O) groups is 1. The van der Waals surface area contributed by atoms with Crippen molar-refractivity contribution in [2.24, 2.45) is 0 Å². The van der Waals surface area contributed by atoms with Crippen LogP contribution < -0.4 is 0 Å². The summed E-state index contributed by atoms with van der Waals surface area (Å²) in [5, 5.41) is 0. The summed E-state index contributed by atoms with van der Waals surface area (Å²) >= 11 is 4.22. The molecule has 0 amide bonds. The topological polar surface area (TPSA) is 17.1 Å². The Kier molecular flexibility index (Phi) is 0.112. The van der Waals surface area contributed by atoms with Crippen molar-refractivity contribution in [3.63, 3.8) is 0 Å². The SMILES string of the molecule is O=C[C]12[CH]3[CH]4[CH]5[C]1(Br)[Fe]45321678[CH]2[CH]1[CH]6[CH]7[CH]28. The number of fused-ring (bicyclic) bond motifs is 10. The molecule has 3 heteroatoms. The van der Waals surface area contributed by atoms with Gasteiger partial charge in [-0.1, -0.05) is 0 Å². The number of rotatable bonds is 1. The van der Waals surface area contributed by atoms with E-state index >= 15 is 0 Å². The van der Waals surface area contributed by atoms with Gasteiger partial charge < -0.3 is 0 Å². The summed E-state index contributed by atoms with van der Waals surface area (Å²) in [5.41, 5.74) is 0. The Balaban J connectivity index is 2.07. The molecule has 10 fully saturated rings. The summed E-state index contributed by atoms with van der Waals surface area (Å²) in [6.45, 7) is -3.12. The maximum absolute atomic E-state index is 11.8. The van der Waals surface area contributed by atoms with Gasteiger partial charge in [0.25, 0.3) is 0 Å². The molecule has 5 unspecified atom stereocenters. The molecule has 14 heavy (non-hydrogen) atoms. The van der Waals surface area contributed by atoms with Gasteiger partial charge in [-0.05, 0) is 0 Å². The van der Waals surface area contributed by atoms with Gasteiger partial charge in [0.2, 0.25) is 0 Å². The number of halogens is 1. The molecular weight excluding hydrogens is 284 g/mol. The molecule has 0 bridgehead atoms. The first-order valence-corrected chi connectivity index (χ1v) is 12.9. The Hall–Kier alpha value is 0.669. The van der Waals surface area contributed by atoms with Crippen LogP contribution in [0.4, 0.5) is 0 Å². The minimum absolute atomic E-state index is 0.409. The van der Waals surface area contributed by atoms with Crippen LogP contribution in [0.3, 0.4) is 0 Å². The Morgan fingerprint density at radius 3 is 1.64 bits per heavy atom. The number of aldehydes is 1.